The fraction of sp³-hybridized carbons (Fsp3) is 0.667. The molecule has 0 bridgehead atoms. The van der Waals surface area contributed by atoms with Gasteiger partial charge in [0.25, 0.3) is 0 Å². The molecular formula is C12H23N5. The van der Waals surface area contributed by atoms with E-state index in [0.717, 1.165) is 24.5 Å². The summed E-state index contributed by atoms with van der Waals surface area (Å²) < 4.78 is 0. The van der Waals surface area contributed by atoms with Crippen LogP contribution in [0.2, 0.25) is 0 Å². The third-order valence-corrected chi connectivity index (χ3v) is 3.34. The summed E-state index contributed by atoms with van der Waals surface area (Å²) in [4.78, 5) is 11.0. The van der Waals surface area contributed by atoms with Crippen LogP contribution >= 0.6 is 0 Å². The molecule has 1 rings (SSSR count). The highest BCUT2D eigenvalue weighted by atomic mass is 15.3. The molecule has 0 unspecified atom stereocenters. The summed E-state index contributed by atoms with van der Waals surface area (Å²) in [5.74, 6) is 7.78. The topological polar surface area (TPSA) is 67.1 Å². The van der Waals surface area contributed by atoms with Gasteiger partial charge in [-0.1, -0.05) is 13.8 Å². The summed E-state index contributed by atoms with van der Waals surface area (Å²) in [6.07, 6.45) is 1.84. The number of hydrogen-bond acceptors (Lipinski definition) is 5. The molecule has 0 saturated heterocycles. The Morgan fingerprint density at radius 3 is 2.47 bits per heavy atom. The van der Waals surface area contributed by atoms with Gasteiger partial charge in [0, 0.05) is 25.1 Å². The van der Waals surface area contributed by atoms with Gasteiger partial charge < -0.3 is 10.3 Å². The zero-order chi connectivity index (χ0) is 13.1. The van der Waals surface area contributed by atoms with Crippen molar-refractivity contribution in [1.82, 2.24) is 9.97 Å². The van der Waals surface area contributed by atoms with Gasteiger partial charge in [0.1, 0.15) is 17.5 Å². The van der Waals surface area contributed by atoms with Gasteiger partial charge in [-0.05, 0) is 20.3 Å². The number of aromatic nitrogens is 2. The van der Waals surface area contributed by atoms with Crippen molar-refractivity contribution in [2.75, 3.05) is 17.4 Å². The summed E-state index contributed by atoms with van der Waals surface area (Å²) >= 11 is 0. The zero-order valence-corrected chi connectivity index (χ0v) is 11.4. The van der Waals surface area contributed by atoms with Gasteiger partial charge in [0.15, 0.2) is 0 Å². The third-order valence-electron chi connectivity index (χ3n) is 3.34. The molecule has 0 aromatic carbocycles. The van der Waals surface area contributed by atoms with Gasteiger partial charge in [-0.2, -0.15) is 0 Å². The molecule has 17 heavy (non-hydrogen) atoms. The van der Waals surface area contributed by atoms with Crippen LogP contribution in [-0.4, -0.2) is 22.6 Å². The van der Waals surface area contributed by atoms with Crippen LogP contribution in [-0.2, 0) is 6.42 Å². The van der Waals surface area contributed by atoms with E-state index in [4.69, 9.17) is 5.84 Å². The fourth-order valence-corrected chi connectivity index (χ4v) is 1.43. The molecule has 0 spiro atoms. The predicted molar refractivity (Wildman–Crippen MR) is 72.0 cm³/mol. The van der Waals surface area contributed by atoms with E-state index >= 15 is 0 Å². The van der Waals surface area contributed by atoms with Gasteiger partial charge in [-0.3, -0.25) is 0 Å². The second kappa shape index (κ2) is 5.31. The number of nitrogens with one attached hydrogen (secondary N) is 1. The van der Waals surface area contributed by atoms with E-state index < -0.39 is 0 Å². The summed E-state index contributed by atoms with van der Waals surface area (Å²) in [5, 5.41) is 0. The predicted octanol–water partition coefficient (Wildman–Crippen LogP) is 1.95. The Balaban J connectivity index is 3.12. The summed E-state index contributed by atoms with van der Waals surface area (Å²) in [7, 11) is 2.05. The molecule has 3 N–H and O–H groups in total. The third kappa shape index (κ3) is 3.06. The Morgan fingerprint density at radius 1 is 1.35 bits per heavy atom. The lowest BCUT2D eigenvalue weighted by molar-refractivity contribution is 0.466. The number of hydrogen-bond donors (Lipinski definition) is 2. The molecule has 1 aromatic rings. The normalized spacial score (nSPS) is 11.4. The van der Waals surface area contributed by atoms with Crippen molar-refractivity contribution in [3.8, 4) is 0 Å². The molecule has 96 valence electrons. The van der Waals surface area contributed by atoms with E-state index in [1.54, 1.807) is 0 Å². The Bertz CT molecular complexity index is 353. The number of anilines is 2. The number of nitrogens with two attached hydrogens (primary N) is 1. The van der Waals surface area contributed by atoms with E-state index in [1.807, 2.05) is 20.0 Å². The Kier molecular flexibility index (Phi) is 4.28. The highest BCUT2D eigenvalue weighted by Crippen LogP contribution is 2.24. The van der Waals surface area contributed by atoms with Crippen molar-refractivity contribution in [2.45, 2.75) is 46.1 Å². The highest BCUT2D eigenvalue weighted by molar-refractivity contribution is 5.49. The second-order valence-corrected chi connectivity index (χ2v) is 4.75. The van der Waals surface area contributed by atoms with Crippen molar-refractivity contribution in [2.24, 2.45) is 5.84 Å². The van der Waals surface area contributed by atoms with Crippen molar-refractivity contribution in [3.63, 3.8) is 0 Å². The summed E-state index contributed by atoms with van der Waals surface area (Å²) in [5.41, 5.74) is 2.65. The first-order valence-electron chi connectivity index (χ1n) is 6.03. The van der Waals surface area contributed by atoms with Gasteiger partial charge in [-0.15, -0.1) is 0 Å². The Hall–Kier alpha value is -1.36. The van der Waals surface area contributed by atoms with E-state index in [9.17, 15) is 0 Å². The molecule has 0 radical (unpaired) electrons. The average Bonchev–Trinajstić information content (AvgIpc) is 2.36. The average molecular weight is 237 g/mol. The van der Waals surface area contributed by atoms with E-state index in [2.05, 4.69) is 41.1 Å². The van der Waals surface area contributed by atoms with E-state index in [1.165, 1.54) is 0 Å². The maximum Gasteiger partial charge on any atom is 0.145 e. The number of rotatable bonds is 5. The largest absolute Gasteiger partial charge is 0.354 e. The van der Waals surface area contributed by atoms with Crippen LogP contribution in [0.4, 0.5) is 11.6 Å². The van der Waals surface area contributed by atoms with Crippen LogP contribution in [0.3, 0.4) is 0 Å². The number of nitrogens with zero attached hydrogens (tertiary/aromatic N) is 3. The molecule has 0 aliphatic rings. The monoisotopic (exact) mass is 237 g/mol. The minimum absolute atomic E-state index is 0.0607. The summed E-state index contributed by atoms with van der Waals surface area (Å²) in [6, 6.07) is 1.87. The van der Waals surface area contributed by atoms with Gasteiger partial charge >= 0.3 is 0 Å². The fourth-order valence-electron chi connectivity index (χ4n) is 1.43. The summed E-state index contributed by atoms with van der Waals surface area (Å²) in [6.45, 7) is 8.58. The highest BCUT2D eigenvalue weighted by Gasteiger charge is 2.23. The van der Waals surface area contributed by atoms with Crippen molar-refractivity contribution in [3.05, 3.63) is 11.9 Å². The van der Waals surface area contributed by atoms with Gasteiger partial charge in [-0.25, -0.2) is 15.8 Å². The first kappa shape index (κ1) is 13.7. The van der Waals surface area contributed by atoms with Crippen LogP contribution in [0.25, 0.3) is 0 Å². The molecule has 1 aromatic heterocycles. The number of nitrogen functional groups attached to an aromatic ring is 1. The van der Waals surface area contributed by atoms with Crippen LogP contribution in [0.15, 0.2) is 6.07 Å². The quantitative estimate of drug-likeness (QED) is 0.605. The van der Waals surface area contributed by atoms with Crippen LogP contribution in [0.1, 0.15) is 39.9 Å². The molecule has 5 nitrogen and oxygen atoms in total. The SMILES string of the molecule is CCc1nc(NN)cc(N(C)C(C)(C)CC)n1. The van der Waals surface area contributed by atoms with E-state index in [-0.39, 0.29) is 5.54 Å². The molecular weight excluding hydrogens is 214 g/mol. The molecule has 0 fully saturated rings. The van der Waals surface area contributed by atoms with Gasteiger partial charge in [0.05, 0.1) is 0 Å². The molecule has 1 heterocycles. The molecule has 0 atom stereocenters. The lowest BCUT2D eigenvalue weighted by atomic mass is 10.00. The van der Waals surface area contributed by atoms with Crippen LogP contribution in [0, 0.1) is 0 Å². The van der Waals surface area contributed by atoms with Crippen molar-refractivity contribution in [1.29, 1.82) is 0 Å². The lowest BCUT2D eigenvalue weighted by Gasteiger charge is -2.36. The Morgan fingerprint density at radius 2 is 2.00 bits per heavy atom. The molecule has 0 saturated carbocycles. The van der Waals surface area contributed by atoms with Crippen molar-refractivity contribution >= 4 is 11.6 Å². The zero-order valence-electron chi connectivity index (χ0n) is 11.4. The minimum atomic E-state index is 0.0607. The first-order chi connectivity index (χ1) is 7.94. The Labute approximate surface area is 103 Å². The first-order valence-corrected chi connectivity index (χ1v) is 6.03. The number of aryl methyl sites for hydroxylation is 1. The second-order valence-electron chi connectivity index (χ2n) is 4.75. The van der Waals surface area contributed by atoms with Gasteiger partial charge in [0.2, 0.25) is 0 Å². The van der Waals surface area contributed by atoms with Crippen LogP contribution < -0.4 is 16.2 Å². The molecule has 0 amide bonds. The minimum Gasteiger partial charge on any atom is -0.354 e. The standard InChI is InChI=1S/C12H23N5/c1-6-9-14-10(16-13)8-11(15-9)17(5)12(3,4)7-2/h8H,6-7,13H2,1-5H3,(H,14,15,16). The van der Waals surface area contributed by atoms with Crippen molar-refractivity contribution < 1.29 is 0 Å². The molecule has 5 heteroatoms. The van der Waals surface area contributed by atoms with E-state index in [0.29, 0.717) is 5.82 Å². The molecule has 0 aliphatic carbocycles. The lowest BCUT2D eigenvalue weighted by Crippen LogP contribution is -2.41. The molecule has 0 aliphatic heterocycles. The maximum atomic E-state index is 5.43. The van der Waals surface area contributed by atoms with Crippen LogP contribution in [0.5, 0.6) is 0 Å². The number of hydrazine groups is 1. The smallest absolute Gasteiger partial charge is 0.145 e. The maximum absolute atomic E-state index is 5.43.